The lowest BCUT2D eigenvalue weighted by Crippen LogP contribution is -2.30. The molecule has 0 amide bonds. The summed E-state index contributed by atoms with van der Waals surface area (Å²) in [6, 6.07) is 0. The van der Waals surface area contributed by atoms with Gasteiger partial charge in [-0.1, -0.05) is 175 Å². The smallest absolute Gasteiger partial charge is 0.306 e. The summed E-state index contributed by atoms with van der Waals surface area (Å²) in [6.07, 6.45) is 60.9. The van der Waals surface area contributed by atoms with Crippen molar-refractivity contribution >= 4 is 17.9 Å². The van der Waals surface area contributed by atoms with E-state index < -0.39 is 6.10 Å². The number of allylic oxidation sites excluding steroid dienone is 18. The van der Waals surface area contributed by atoms with E-state index >= 15 is 0 Å². The predicted molar refractivity (Wildman–Crippen MR) is 247 cm³/mol. The van der Waals surface area contributed by atoms with Crippen LogP contribution in [-0.4, -0.2) is 37.2 Å². The van der Waals surface area contributed by atoms with Gasteiger partial charge in [0.2, 0.25) is 0 Å². The van der Waals surface area contributed by atoms with Crippen LogP contribution in [-0.2, 0) is 28.6 Å². The summed E-state index contributed by atoms with van der Waals surface area (Å²) < 4.78 is 16.6. The standard InChI is InChI=1S/C52H82O6/c1-4-7-10-13-16-19-21-23-25-26-28-29-31-33-36-39-42-45-51(54)57-48-49(47-56-50(53)44-41-38-35-18-15-12-9-6-3)58-52(55)46-43-40-37-34-32-30-27-24-22-20-17-14-11-8-5-2/h7-8,10-11,16-17,19-20,23-25,27-29,32-34,36,49H,4-6,9,12-15,18,21-22,26,30-31,35,37-48H2,1-3H3/b10-7-,11-8-,19-16-,20-17-,25-23-,27-24-,29-28-,34-32-,36-33-. The first-order valence-corrected chi connectivity index (χ1v) is 22.9. The number of rotatable bonds is 39. The zero-order valence-corrected chi connectivity index (χ0v) is 37.0. The van der Waals surface area contributed by atoms with E-state index in [1.54, 1.807) is 0 Å². The summed E-state index contributed by atoms with van der Waals surface area (Å²) in [6.45, 7) is 6.26. The number of hydrogen-bond acceptors (Lipinski definition) is 6. The molecule has 326 valence electrons. The Morgan fingerprint density at radius 2 is 0.690 bits per heavy atom. The first-order valence-electron chi connectivity index (χ1n) is 22.9. The Morgan fingerprint density at radius 1 is 0.362 bits per heavy atom. The lowest BCUT2D eigenvalue weighted by atomic mass is 10.1. The Morgan fingerprint density at radius 3 is 1.12 bits per heavy atom. The van der Waals surface area contributed by atoms with Crippen molar-refractivity contribution in [2.24, 2.45) is 0 Å². The van der Waals surface area contributed by atoms with Gasteiger partial charge in [-0.05, 0) is 96.3 Å². The highest BCUT2D eigenvalue weighted by atomic mass is 16.6. The molecule has 0 aromatic heterocycles. The molecule has 0 N–H and O–H groups in total. The maximum absolute atomic E-state index is 12.7. The van der Waals surface area contributed by atoms with Gasteiger partial charge in [-0.15, -0.1) is 0 Å². The average Bonchev–Trinajstić information content (AvgIpc) is 3.22. The molecule has 6 heteroatoms. The Kier molecular flexibility index (Phi) is 42.7. The highest BCUT2D eigenvalue weighted by molar-refractivity contribution is 5.71. The number of carbonyl (C=O) groups is 3. The van der Waals surface area contributed by atoms with Crippen molar-refractivity contribution in [1.82, 2.24) is 0 Å². The van der Waals surface area contributed by atoms with Gasteiger partial charge in [0.15, 0.2) is 6.10 Å². The molecule has 0 bridgehead atoms. The van der Waals surface area contributed by atoms with Crippen LogP contribution in [0.25, 0.3) is 0 Å². The van der Waals surface area contributed by atoms with Gasteiger partial charge >= 0.3 is 17.9 Å². The lowest BCUT2D eigenvalue weighted by molar-refractivity contribution is -0.167. The third-order valence-electron chi connectivity index (χ3n) is 9.02. The van der Waals surface area contributed by atoms with E-state index in [0.29, 0.717) is 19.3 Å². The van der Waals surface area contributed by atoms with E-state index in [1.165, 1.54) is 32.1 Å². The monoisotopic (exact) mass is 803 g/mol. The minimum atomic E-state index is -0.820. The van der Waals surface area contributed by atoms with Gasteiger partial charge in [0.1, 0.15) is 13.2 Å². The third-order valence-corrected chi connectivity index (χ3v) is 9.02. The average molecular weight is 803 g/mol. The number of esters is 3. The van der Waals surface area contributed by atoms with Gasteiger partial charge < -0.3 is 14.2 Å². The zero-order chi connectivity index (χ0) is 42.3. The SMILES string of the molecule is CC/C=C\C/C=C\C/C=C\C/C=C\C/C=C\CCCC(=O)OCC(COC(=O)CCCCCCCCCC)OC(=O)CCCC/C=C\C/C=C\C/C=C\C/C=C\CC. The second-order valence-corrected chi connectivity index (χ2v) is 14.5. The molecule has 0 saturated heterocycles. The van der Waals surface area contributed by atoms with Crippen molar-refractivity contribution in [3.05, 3.63) is 109 Å². The fraction of sp³-hybridized carbons (Fsp3) is 0.596. The molecule has 0 aliphatic carbocycles. The minimum Gasteiger partial charge on any atom is -0.462 e. The van der Waals surface area contributed by atoms with E-state index in [9.17, 15) is 14.4 Å². The van der Waals surface area contributed by atoms with Crippen molar-refractivity contribution in [3.8, 4) is 0 Å². The first kappa shape index (κ1) is 54.1. The fourth-order valence-electron chi connectivity index (χ4n) is 5.64. The fourth-order valence-corrected chi connectivity index (χ4v) is 5.64. The molecule has 6 nitrogen and oxygen atoms in total. The van der Waals surface area contributed by atoms with Crippen LogP contribution in [0.2, 0.25) is 0 Å². The maximum Gasteiger partial charge on any atom is 0.306 e. The molecular formula is C52H82O6. The molecule has 0 spiro atoms. The van der Waals surface area contributed by atoms with Gasteiger partial charge in [-0.3, -0.25) is 14.4 Å². The molecule has 0 heterocycles. The molecule has 0 aliphatic rings. The highest BCUT2D eigenvalue weighted by Crippen LogP contribution is 2.11. The molecule has 0 saturated carbocycles. The number of hydrogen-bond donors (Lipinski definition) is 0. The zero-order valence-electron chi connectivity index (χ0n) is 37.0. The maximum atomic E-state index is 12.7. The Balaban J connectivity index is 4.53. The Bertz CT molecular complexity index is 1240. The second kappa shape index (κ2) is 45.8. The van der Waals surface area contributed by atoms with E-state index in [0.717, 1.165) is 96.3 Å². The quantitative estimate of drug-likeness (QED) is 0.0267. The van der Waals surface area contributed by atoms with Gasteiger partial charge in [0.25, 0.3) is 0 Å². The van der Waals surface area contributed by atoms with Crippen LogP contribution in [0, 0.1) is 0 Å². The largest absolute Gasteiger partial charge is 0.462 e. The molecule has 0 aromatic carbocycles. The normalized spacial score (nSPS) is 13.1. The van der Waals surface area contributed by atoms with Crippen LogP contribution >= 0.6 is 0 Å². The third kappa shape index (κ3) is 43.2. The molecule has 0 aromatic rings. The molecule has 1 atom stereocenters. The van der Waals surface area contributed by atoms with E-state index in [-0.39, 0.29) is 44.0 Å². The lowest BCUT2D eigenvalue weighted by Gasteiger charge is -2.18. The van der Waals surface area contributed by atoms with Crippen LogP contribution in [0.4, 0.5) is 0 Å². The number of ether oxygens (including phenoxy) is 3. The van der Waals surface area contributed by atoms with Crippen LogP contribution in [0.1, 0.15) is 181 Å². The topological polar surface area (TPSA) is 78.9 Å². The van der Waals surface area contributed by atoms with Crippen LogP contribution in [0.15, 0.2) is 109 Å². The van der Waals surface area contributed by atoms with E-state index in [1.807, 2.05) is 0 Å². The number of unbranched alkanes of at least 4 members (excludes halogenated alkanes) is 10. The van der Waals surface area contributed by atoms with Crippen LogP contribution in [0.5, 0.6) is 0 Å². The van der Waals surface area contributed by atoms with Gasteiger partial charge in [0.05, 0.1) is 0 Å². The summed E-state index contributed by atoms with van der Waals surface area (Å²) in [5.74, 6) is -1.03. The van der Waals surface area contributed by atoms with Crippen molar-refractivity contribution < 1.29 is 28.6 Å². The van der Waals surface area contributed by atoms with Crippen molar-refractivity contribution in [1.29, 1.82) is 0 Å². The van der Waals surface area contributed by atoms with Gasteiger partial charge in [0, 0.05) is 19.3 Å². The molecule has 0 aliphatic heterocycles. The van der Waals surface area contributed by atoms with Crippen molar-refractivity contribution in [2.75, 3.05) is 13.2 Å². The summed E-state index contributed by atoms with van der Waals surface area (Å²) in [5.41, 5.74) is 0. The van der Waals surface area contributed by atoms with E-state index in [4.69, 9.17) is 14.2 Å². The van der Waals surface area contributed by atoms with Crippen molar-refractivity contribution in [2.45, 2.75) is 187 Å². The minimum absolute atomic E-state index is 0.114. The second-order valence-electron chi connectivity index (χ2n) is 14.5. The summed E-state index contributed by atoms with van der Waals surface area (Å²) in [5, 5.41) is 0. The van der Waals surface area contributed by atoms with Crippen molar-refractivity contribution in [3.63, 3.8) is 0 Å². The van der Waals surface area contributed by atoms with Gasteiger partial charge in [-0.2, -0.15) is 0 Å². The summed E-state index contributed by atoms with van der Waals surface area (Å²) in [7, 11) is 0. The highest BCUT2D eigenvalue weighted by Gasteiger charge is 2.19. The number of carbonyl (C=O) groups excluding carboxylic acids is 3. The Labute approximate surface area is 355 Å². The molecule has 58 heavy (non-hydrogen) atoms. The molecule has 0 rings (SSSR count). The predicted octanol–water partition coefficient (Wildman–Crippen LogP) is 14.8. The van der Waals surface area contributed by atoms with Crippen LogP contribution < -0.4 is 0 Å². The first-order chi connectivity index (χ1) is 28.5. The molecule has 0 fully saturated rings. The molecule has 0 radical (unpaired) electrons. The molecular weight excluding hydrogens is 721 g/mol. The molecule has 1 unspecified atom stereocenters. The summed E-state index contributed by atoms with van der Waals surface area (Å²) in [4.78, 5) is 37.7. The van der Waals surface area contributed by atoms with E-state index in [2.05, 4.69) is 130 Å². The van der Waals surface area contributed by atoms with Crippen LogP contribution in [0.3, 0.4) is 0 Å². The summed E-state index contributed by atoms with van der Waals surface area (Å²) >= 11 is 0. The Hall–Kier alpha value is -3.93. The van der Waals surface area contributed by atoms with Gasteiger partial charge in [-0.25, -0.2) is 0 Å².